The first-order valence-electron chi connectivity index (χ1n) is 6.19. The van der Waals surface area contributed by atoms with E-state index in [4.69, 9.17) is 10.5 Å². The third-order valence-corrected chi connectivity index (χ3v) is 3.19. The van der Waals surface area contributed by atoms with Crippen molar-refractivity contribution in [1.82, 2.24) is 4.98 Å². The first-order valence-corrected chi connectivity index (χ1v) is 6.19. The lowest BCUT2D eigenvalue weighted by atomic mass is 10.1. The van der Waals surface area contributed by atoms with Crippen LogP contribution in [0.4, 0.5) is 10.1 Å². The smallest absolute Gasteiger partial charge is 0.149 e. The van der Waals surface area contributed by atoms with Crippen molar-refractivity contribution < 1.29 is 9.13 Å². The second-order valence-corrected chi connectivity index (χ2v) is 4.44. The van der Waals surface area contributed by atoms with E-state index in [9.17, 15) is 4.39 Å². The maximum absolute atomic E-state index is 14.0. The van der Waals surface area contributed by atoms with E-state index in [1.807, 2.05) is 30.3 Å². The highest BCUT2D eigenvalue weighted by atomic mass is 19.1. The minimum atomic E-state index is -0.412. The van der Waals surface area contributed by atoms with Gasteiger partial charge in [0.15, 0.2) is 0 Å². The normalized spacial score (nSPS) is 10.7. The number of halogens is 1. The van der Waals surface area contributed by atoms with E-state index in [-0.39, 0.29) is 5.52 Å². The van der Waals surface area contributed by atoms with Gasteiger partial charge in [0.1, 0.15) is 17.1 Å². The van der Waals surface area contributed by atoms with Crippen LogP contribution in [0.25, 0.3) is 22.2 Å². The Morgan fingerprint density at radius 1 is 1.10 bits per heavy atom. The Balaban J connectivity index is 2.32. The summed E-state index contributed by atoms with van der Waals surface area (Å²) in [7, 11) is 1.53. The molecule has 0 fully saturated rings. The van der Waals surface area contributed by atoms with Crippen molar-refractivity contribution in [3.63, 3.8) is 0 Å². The molecule has 1 aromatic heterocycles. The molecule has 0 saturated carbocycles. The van der Waals surface area contributed by atoms with Crippen LogP contribution in [0.5, 0.6) is 5.75 Å². The number of pyridine rings is 1. The van der Waals surface area contributed by atoms with E-state index >= 15 is 0 Å². The SMILES string of the molecule is COc1ccc(F)c2nc(-c3ccccc3)cc(N)c12. The summed E-state index contributed by atoms with van der Waals surface area (Å²) in [5, 5.41) is 0.507. The van der Waals surface area contributed by atoms with Crippen LogP contribution in [0.15, 0.2) is 48.5 Å². The van der Waals surface area contributed by atoms with Crippen molar-refractivity contribution >= 4 is 16.6 Å². The molecule has 0 unspecified atom stereocenters. The third kappa shape index (κ3) is 1.95. The summed E-state index contributed by atoms with van der Waals surface area (Å²) in [6.07, 6.45) is 0. The summed E-state index contributed by atoms with van der Waals surface area (Å²) in [5.41, 5.74) is 8.26. The Hall–Kier alpha value is -2.62. The van der Waals surface area contributed by atoms with Crippen LogP contribution < -0.4 is 10.5 Å². The van der Waals surface area contributed by atoms with Crippen LogP contribution in [0.3, 0.4) is 0 Å². The van der Waals surface area contributed by atoms with E-state index in [0.717, 1.165) is 5.56 Å². The minimum absolute atomic E-state index is 0.225. The Bertz CT molecular complexity index is 772. The lowest BCUT2D eigenvalue weighted by Crippen LogP contribution is -1.97. The van der Waals surface area contributed by atoms with Crippen LogP contribution in [-0.4, -0.2) is 12.1 Å². The maximum Gasteiger partial charge on any atom is 0.149 e. The average Bonchev–Trinajstić information content (AvgIpc) is 2.49. The molecule has 0 bridgehead atoms. The zero-order chi connectivity index (χ0) is 14.1. The summed E-state index contributed by atoms with van der Waals surface area (Å²) < 4.78 is 19.2. The molecule has 3 rings (SSSR count). The molecule has 0 spiro atoms. The van der Waals surface area contributed by atoms with Gasteiger partial charge in [0, 0.05) is 11.3 Å². The summed E-state index contributed by atoms with van der Waals surface area (Å²) in [5.74, 6) is 0.108. The van der Waals surface area contributed by atoms with Gasteiger partial charge in [-0.15, -0.1) is 0 Å². The molecule has 2 aromatic carbocycles. The zero-order valence-electron chi connectivity index (χ0n) is 10.9. The highest BCUT2D eigenvalue weighted by Crippen LogP contribution is 2.34. The molecule has 4 heteroatoms. The van der Waals surface area contributed by atoms with Crippen molar-refractivity contribution in [2.24, 2.45) is 0 Å². The summed E-state index contributed by atoms with van der Waals surface area (Å²) in [6.45, 7) is 0. The molecular weight excluding hydrogens is 255 g/mol. The molecule has 0 aliphatic carbocycles. The molecular formula is C16H13FN2O. The number of nitrogen functional groups attached to an aromatic ring is 1. The van der Waals surface area contributed by atoms with Crippen LogP contribution in [0, 0.1) is 5.82 Å². The van der Waals surface area contributed by atoms with Crippen LogP contribution in [-0.2, 0) is 0 Å². The van der Waals surface area contributed by atoms with Crippen molar-refractivity contribution in [3.05, 3.63) is 54.3 Å². The molecule has 20 heavy (non-hydrogen) atoms. The Kier molecular flexibility index (Phi) is 2.99. The topological polar surface area (TPSA) is 48.1 Å². The molecule has 100 valence electrons. The monoisotopic (exact) mass is 268 g/mol. The van der Waals surface area contributed by atoms with E-state index in [1.54, 1.807) is 12.1 Å². The van der Waals surface area contributed by atoms with Gasteiger partial charge in [-0.05, 0) is 18.2 Å². The van der Waals surface area contributed by atoms with E-state index < -0.39 is 5.82 Å². The molecule has 0 saturated heterocycles. The molecule has 3 nitrogen and oxygen atoms in total. The highest BCUT2D eigenvalue weighted by Gasteiger charge is 2.13. The first kappa shape index (κ1) is 12.4. The number of hydrogen-bond donors (Lipinski definition) is 1. The average molecular weight is 268 g/mol. The Labute approximate surface area is 115 Å². The number of nitrogens with zero attached hydrogens (tertiary/aromatic N) is 1. The number of benzene rings is 2. The van der Waals surface area contributed by atoms with Gasteiger partial charge in [0.25, 0.3) is 0 Å². The van der Waals surface area contributed by atoms with Gasteiger partial charge in [0.2, 0.25) is 0 Å². The van der Waals surface area contributed by atoms with Crippen molar-refractivity contribution in [2.45, 2.75) is 0 Å². The zero-order valence-corrected chi connectivity index (χ0v) is 10.9. The predicted octanol–water partition coefficient (Wildman–Crippen LogP) is 3.63. The maximum atomic E-state index is 14.0. The molecule has 0 radical (unpaired) electrons. The molecule has 0 aliphatic heterocycles. The largest absolute Gasteiger partial charge is 0.496 e. The van der Waals surface area contributed by atoms with Gasteiger partial charge < -0.3 is 10.5 Å². The van der Waals surface area contributed by atoms with Crippen LogP contribution in [0.2, 0.25) is 0 Å². The summed E-state index contributed by atoms with van der Waals surface area (Å²) >= 11 is 0. The molecule has 0 amide bonds. The lowest BCUT2D eigenvalue weighted by Gasteiger charge is -2.10. The van der Waals surface area contributed by atoms with Crippen LogP contribution >= 0.6 is 0 Å². The minimum Gasteiger partial charge on any atom is -0.496 e. The molecule has 0 atom stereocenters. The Morgan fingerprint density at radius 3 is 2.55 bits per heavy atom. The van der Waals surface area contributed by atoms with Crippen molar-refractivity contribution in [2.75, 3.05) is 12.8 Å². The van der Waals surface area contributed by atoms with Crippen molar-refractivity contribution in [3.8, 4) is 17.0 Å². The Morgan fingerprint density at radius 2 is 1.85 bits per heavy atom. The number of methoxy groups -OCH3 is 1. The summed E-state index contributed by atoms with van der Waals surface area (Å²) in [4.78, 5) is 4.38. The number of hydrogen-bond acceptors (Lipinski definition) is 3. The van der Waals surface area contributed by atoms with Gasteiger partial charge in [-0.25, -0.2) is 9.37 Å². The standard InChI is InChI=1S/C16H13FN2O/c1-20-14-8-7-11(17)16-15(14)12(18)9-13(19-16)10-5-3-2-4-6-10/h2-9H,1H3,(H2,18,19). The highest BCUT2D eigenvalue weighted by molar-refractivity contribution is 5.97. The van der Waals surface area contributed by atoms with Gasteiger partial charge >= 0.3 is 0 Å². The van der Waals surface area contributed by atoms with E-state index in [2.05, 4.69) is 4.98 Å². The predicted molar refractivity (Wildman–Crippen MR) is 78.1 cm³/mol. The fourth-order valence-electron chi connectivity index (χ4n) is 2.23. The van der Waals surface area contributed by atoms with Gasteiger partial charge in [-0.2, -0.15) is 0 Å². The third-order valence-electron chi connectivity index (χ3n) is 3.19. The van der Waals surface area contributed by atoms with Gasteiger partial charge in [-0.3, -0.25) is 0 Å². The number of rotatable bonds is 2. The second kappa shape index (κ2) is 4.81. The first-order chi connectivity index (χ1) is 9.70. The lowest BCUT2D eigenvalue weighted by molar-refractivity contribution is 0.419. The summed E-state index contributed by atoms with van der Waals surface area (Å²) in [6, 6.07) is 14.2. The number of aromatic nitrogens is 1. The number of ether oxygens (including phenoxy) is 1. The van der Waals surface area contributed by atoms with Crippen molar-refractivity contribution in [1.29, 1.82) is 0 Å². The van der Waals surface area contributed by atoms with Gasteiger partial charge in [-0.1, -0.05) is 30.3 Å². The molecule has 3 aromatic rings. The number of fused-ring (bicyclic) bond motifs is 1. The van der Waals surface area contributed by atoms with E-state index in [1.165, 1.54) is 13.2 Å². The number of nitrogens with two attached hydrogens (primary N) is 1. The molecule has 2 N–H and O–H groups in total. The fourth-order valence-corrected chi connectivity index (χ4v) is 2.23. The quantitative estimate of drug-likeness (QED) is 0.772. The van der Waals surface area contributed by atoms with E-state index in [0.29, 0.717) is 22.5 Å². The molecule has 0 aliphatic rings. The van der Waals surface area contributed by atoms with Gasteiger partial charge in [0.05, 0.1) is 18.2 Å². The second-order valence-electron chi connectivity index (χ2n) is 4.44. The van der Waals surface area contributed by atoms with Crippen LogP contribution in [0.1, 0.15) is 0 Å². The molecule has 1 heterocycles. The fraction of sp³-hybridized carbons (Fsp3) is 0.0625. The number of anilines is 1.